The van der Waals surface area contributed by atoms with E-state index in [9.17, 15) is 0 Å². The molecule has 0 atom stereocenters. The summed E-state index contributed by atoms with van der Waals surface area (Å²) in [6.45, 7) is 4.37. The molecule has 0 amide bonds. The van der Waals surface area contributed by atoms with E-state index < -0.39 is 0 Å². The summed E-state index contributed by atoms with van der Waals surface area (Å²) in [7, 11) is 0. The van der Waals surface area contributed by atoms with E-state index in [0.29, 0.717) is 6.61 Å². The predicted molar refractivity (Wildman–Crippen MR) is 120 cm³/mol. The Bertz CT molecular complexity index is 1150. The van der Waals surface area contributed by atoms with Crippen LogP contribution in [-0.2, 0) is 6.61 Å². The minimum absolute atomic E-state index is 0.395. The molecule has 1 N–H and O–H groups in total. The molecule has 0 spiro atoms. The van der Waals surface area contributed by atoms with Crippen LogP contribution in [0.1, 0.15) is 11.5 Å². The Morgan fingerprint density at radius 3 is 2.80 bits per heavy atom. The maximum absolute atomic E-state index is 5.96. The number of benzene rings is 1. The molecule has 1 aliphatic heterocycles. The van der Waals surface area contributed by atoms with Crippen LogP contribution in [0.2, 0.25) is 0 Å². The number of hydrogen-bond donors (Lipinski definition) is 1. The molecule has 1 saturated heterocycles. The Kier molecular flexibility index (Phi) is 5.23. The summed E-state index contributed by atoms with van der Waals surface area (Å²) >= 11 is 2.00. The van der Waals surface area contributed by atoms with Gasteiger partial charge in [0.1, 0.15) is 29.7 Å². The number of nitrogens with zero attached hydrogens (tertiary/aromatic N) is 5. The van der Waals surface area contributed by atoms with Gasteiger partial charge < -0.3 is 9.64 Å². The summed E-state index contributed by atoms with van der Waals surface area (Å²) in [5, 5.41) is 8.64. The maximum atomic E-state index is 5.96. The molecule has 4 aromatic rings. The third kappa shape index (κ3) is 3.95. The quantitative estimate of drug-likeness (QED) is 0.527. The van der Waals surface area contributed by atoms with Crippen molar-refractivity contribution >= 4 is 28.5 Å². The number of thioether (sulfide) groups is 1. The van der Waals surface area contributed by atoms with Crippen LogP contribution >= 0.6 is 11.8 Å². The number of aromatic nitrogens is 5. The number of ether oxygens (including phenoxy) is 1. The maximum Gasteiger partial charge on any atom is 0.130 e. The molecule has 7 nitrogen and oxygen atoms in total. The molecule has 0 unspecified atom stereocenters. The molecule has 0 saturated carbocycles. The van der Waals surface area contributed by atoms with Gasteiger partial charge in [-0.15, -0.1) is 0 Å². The first-order valence-corrected chi connectivity index (χ1v) is 11.1. The number of anilines is 1. The first kappa shape index (κ1) is 18.9. The van der Waals surface area contributed by atoms with Crippen molar-refractivity contribution in [2.24, 2.45) is 0 Å². The minimum Gasteiger partial charge on any atom is -0.487 e. The summed E-state index contributed by atoms with van der Waals surface area (Å²) < 4.78 is 5.96. The first-order chi connectivity index (χ1) is 14.8. The van der Waals surface area contributed by atoms with E-state index in [0.717, 1.165) is 69.8 Å². The lowest BCUT2D eigenvalue weighted by molar-refractivity contribution is 0.301. The Balaban J connectivity index is 1.37. The van der Waals surface area contributed by atoms with Gasteiger partial charge in [0.25, 0.3) is 0 Å². The van der Waals surface area contributed by atoms with Gasteiger partial charge >= 0.3 is 0 Å². The van der Waals surface area contributed by atoms with Crippen molar-refractivity contribution in [2.45, 2.75) is 13.5 Å². The number of nitrogens with one attached hydrogen (secondary N) is 1. The fourth-order valence-electron chi connectivity index (χ4n) is 3.55. The highest BCUT2D eigenvalue weighted by Crippen LogP contribution is 2.30. The molecule has 4 heterocycles. The smallest absolute Gasteiger partial charge is 0.130 e. The van der Waals surface area contributed by atoms with E-state index >= 15 is 0 Å². The second-order valence-electron chi connectivity index (χ2n) is 7.17. The van der Waals surface area contributed by atoms with Crippen LogP contribution < -0.4 is 9.64 Å². The van der Waals surface area contributed by atoms with Crippen LogP contribution in [0.3, 0.4) is 0 Å². The van der Waals surface area contributed by atoms with E-state index in [1.54, 1.807) is 6.20 Å². The number of H-pyrrole nitrogens is 1. The Morgan fingerprint density at radius 1 is 1.10 bits per heavy atom. The second kappa shape index (κ2) is 8.31. The topological polar surface area (TPSA) is 79.8 Å². The van der Waals surface area contributed by atoms with Gasteiger partial charge in [-0.05, 0) is 43.3 Å². The standard InChI is InChI=1S/C22H22N6OS/c1-15-23-7-6-17(25-15)14-29-18-3-4-20-19(12-18)22(27-26-20)16-2-5-21(24-13-16)28-8-10-30-11-9-28/h2-7,12-13H,8-11,14H2,1H3,(H,26,27). The molecule has 0 radical (unpaired) electrons. The summed E-state index contributed by atoms with van der Waals surface area (Å²) in [4.78, 5) is 15.5. The zero-order valence-corrected chi connectivity index (χ0v) is 17.5. The number of rotatable bonds is 5. The van der Waals surface area contributed by atoms with Gasteiger partial charge in [-0.2, -0.15) is 16.9 Å². The zero-order valence-electron chi connectivity index (χ0n) is 16.7. The molecular formula is C22H22N6OS. The lowest BCUT2D eigenvalue weighted by Gasteiger charge is -2.27. The summed E-state index contributed by atoms with van der Waals surface area (Å²) in [6.07, 6.45) is 3.65. The van der Waals surface area contributed by atoms with Crippen LogP contribution in [0, 0.1) is 6.92 Å². The summed E-state index contributed by atoms with van der Waals surface area (Å²) in [6, 6.07) is 12.0. The van der Waals surface area contributed by atoms with Gasteiger partial charge in [0, 0.05) is 47.9 Å². The van der Waals surface area contributed by atoms with Crippen molar-refractivity contribution in [3.05, 3.63) is 60.3 Å². The van der Waals surface area contributed by atoms with Crippen molar-refractivity contribution in [3.8, 4) is 17.0 Å². The second-order valence-corrected chi connectivity index (χ2v) is 8.39. The van der Waals surface area contributed by atoms with E-state index in [-0.39, 0.29) is 0 Å². The number of fused-ring (bicyclic) bond motifs is 1. The third-order valence-corrected chi connectivity index (χ3v) is 6.05. The first-order valence-electron chi connectivity index (χ1n) is 9.95. The van der Waals surface area contributed by atoms with E-state index in [1.807, 2.05) is 49.1 Å². The zero-order chi connectivity index (χ0) is 20.3. The van der Waals surface area contributed by atoms with Crippen LogP contribution in [0.15, 0.2) is 48.8 Å². The van der Waals surface area contributed by atoms with E-state index in [4.69, 9.17) is 4.74 Å². The highest BCUT2D eigenvalue weighted by Gasteiger charge is 2.14. The molecule has 3 aromatic heterocycles. The molecule has 0 aliphatic carbocycles. The van der Waals surface area contributed by atoms with Gasteiger partial charge in [0.15, 0.2) is 0 Å². The Hall–Kier alpha value is -3.13. The lowest BCUT2D eigenvalue weighted by atomic mass is 10.1. The fraction of sp³-hybridized carbons (Fsp3) is 0.273. The SMILES string of the molecule is Cc1nccc(COc2ccc3[nH]nc(-c4ccc(N5CCSCC5)nc4)c3c2)n1. The number of pyridine rings is 1. The average molecular weight is 419 g/mol. The number of aromatic amines is 1. The van der Waals surface area contributed by atoms with Gasteiger partial charge in [-0.3, -0.25) is 5.10 Å². The molecule has 1 aliphatic rings. The van der Waals surface area contributed by atoms with Crippen molar-refractivity contribution in [1.29, 1.82) is 0 Å². The van der Waals surface area contributed by atoms with Gasteiger partial charge in [-0.1, -0.05) is 0 Å². The Labute approximate surface area is 178 Å². The molecule has 30 heavy (non-hydrogen) atoms. The normalized spacial score (nSPS) is 14.2. The van der Waals surface area contributed by atoms with Crippen molar-refractivity contribution in [2.75, 3.05) is 29.5 Å². The molecular weight excluding hydrogens is 396 g/mol. The van der Waals surface area contributed by atoms with Crippen molar-refractivity contribution in [3.63, 3.8) is 0 Å². The Morgan fingerprint density at radius 2 is 2.00 bits per heavy atom. The largest absolute Gasteiger partial charge is 0.487 e. The highest BCUT2D eigenvalue weighted by atomic mass is 32.2. The summed E-state index contributed by atoms with van der Waals surface area (Å²) in [5.41, 5.74) is 3.68. The molecule has 0 bridgehead atoms. The molecule has 1 fully saturated rings. The van der Waals surface area contributed by atoms with Gasteiger partial charge in [0.05, 0.1) is 11.2 Å². The van der Waals surface area contributed by atoms with Crippen molar-refractivity contribution < 1.29 is 4.74 Å². The van der Waals surface area contributed by atoms with Crippen molar-refractivity contribution in [1.82, 2.24) is 25.1 Å². The molecule has 152 valence electrons. The number of hydrogen-bond acceptors (Lipinski definition) is 7. The van der Waals surface area contributed by atoms with E-state index in [1.165, 1.54) is 0 Å². The monoisotopic (exact) mass is 418 g/mol. The summed E-state index contributed by atoms with van der Waals surface area (Å²) in [5.74, 6) is 4.86. The molecule has 8 heteroatoms. The fourth-order valence-corrected chi connectivity index (χ4v) is 4.45. The minimum atomic E-state index is 0.395. The molecule has 1 aromatic carbocycles. The highest BCUT2D eigenvalue weighted by molar-refractivity contribution is 7.99. The predicted octanol–water partition coefficient (Wildman–Crippen LogP) is 3.86. The van der Waals surface area contributed by atoms with Gasteiger partial charge in [-0.25, -0.2) is 15.0 Å². The van der Waals surface area contributed by atoms with E-state index in [2.05, 4.69) is 42.2 Å². The van der Waals surface area contributed by atoms with Crippen LogP contribution in [0.5, 0.6) is 5.75 Å². The third-order valence-electron chi connectivity index (χ3n) is 5.11. The van der Waals surface area contributed by atoms with Crippen LogP contribution in [0.25, 0.3) is 22.2 Å². The van der Waals surface area contributed by atoms with Crippen LogP contribution in [0.4, 0.5) is 5.82 Å². The van der Waals surface area contributed by atoms with Crippen LogP contribution in [-0.4, -0.2) is 49.7 Å². The average Bonchev–Trinajstić information content (AvgIpc) is 3.22. The number of aryl methyl sites for hydroxylation is 1. The lowest BCUT2D eigenvalue weighted by Crippen LogP contribution is -2.32. The molecule has 5 rings (SSSR count). The van der Waals surface area contributed by atoms with Gasteiger partial charge in [0.2, 0.25) is 0 Å².